The van der Waals surface area contributed by atoms with Crippen LogP contribution >= 0.6 is 0 Å². The molecule has 0 N–H and O–H groups in total. The van der Waals surface area contributed by atoms with Gasteiger partial charge in [-0.25, -0.2) is 4.98 Å². The van der Waals surface area contributed by atoms with Gasteiger partial charge in [0, 0.05) is 6.07 Å². The zero-order valence-electron chi connectivity index (χ0n) is 14.5. The Morgan fingerprint density at radius 2 is 1.67 bits per heavy atom. The van der Waals surface area contributed by atoms with Crippen LogP contribution in [-0.2, 0) is 6.54 Å². The molecule has 0 aliphatic carbocycles. The van der Waals surface area contributed by atoms with Crippen molar-refractivity contribution in [2.45, 2.75) is 6.54 Å². The van der Waals surface area contributed by atoms with Crippen LogP contribution in [0.5, 0.6) is 11.5 Å². The fourth-order valence-electron chi connectivity index (χ4n) is 3.34. The average molecular weight is 356 g/mol. The maximum atomic E-state index is 12.9. The summed E-state index contributed by atoms with van der Waals surface area (Å²) in [5, 5.41) is 0.529. The lowest BCUT2D eigenvalue weighted by Gasteiger charge is -2.09. The summed E-state index contributed by atoms with van der Waals surface area (Å²) < 4.78 is 12.4. The van der Waals surface area contributed by atoms with Gasteiger partial charge in [0.05, 0.1) is 23.8 Å². The van der Waals surface area contributed by atoms with E-state index in [0.29, 0.717) is 28.9 Å². The number of hydrogen-bond acceptors (Lipinski definition) is 4. The molecule has 5 rings (SSSR count). The first-order valence-corrected chi connectivity index (χ1v) is 8.71. The third kappa shape index (κ3) is 2.83. The highest BCUT2D eigenvalue weighted by atomic mass is 16.7. The Hall–Kier alpha value is -3.60. The van der Waals surface area contributed by atoms with Crippen LogP contribution in [0.3, 0.4) is 0 Å². The number of nitrogens with zero attached hydrogens (tertiary/aromatic N) is 2. The van der Waals surface area contributed by atoms with Crippen LogP contribution in [0, 0.1) is 0 Å². The zero-order chi connectivity index (χ0) is 18.2. The number of fused-ring (bicyclic) bond motifs is 2. The van der Waals surface area contributed by atoms with Crippen LogP contribution in [0.15, 0.2) is 77.9 Å². The van der Waals surface area contributed by atoms with Crippen LogP contribution < -0.4 is 15.0 Å². The molecular formula is C22H16N2O3. The van der Waals surface area contributed by atoms with E-state index in [-0.39, 0.29) is 12.4 Å². The van der Waals surface area contributed by atoms with E-state index < -0.39 is 0 Å². The molecule has 4 aromatic rings. The Morgan fingerprint density at radius 3 is 2.52 bits per heavy atom. The minimum absolute atomic E-state index is 0.0941. The Bertz CT molecular complexity index is 1200. The Balaban J connectivity index is 1.53. The smallest absolute Gasteiger partial charge is 0.261 e. The molecule has 0 amide bonds. The predicted molar refractivity (Wildman–Crippen MR) is 103 cm³/mol. The molecule has 132 valence electrons. The summed E-state index contributed by atoms with van der Waals surface area (Å²) in [6.45, 7) is 0.628. The van der Waals surface area contributed by atoms with Crippen LogP contribution in [0.1, 0.15) is 5.56 Å². The first kappa shape index (κ1) is 15.6. The normalized spacial score (nSPS) is 12.4. The lowest BCUT2D eigenvalue weighted by atomic mass is 10.0. The monoisotopic (exact) mass is 356 g/mol. The van der Waals surface area contributed by atoms with E-state index in [9.17, 15) is 4.79 Å². The van der Waals surface area contributed by atoms with Crippen molar-refractivity contribution in [1.82, 2.24) is 9.55 Å². The van der Waals surface area contributed by atoms with Gasteiger partial charge in [0.1, 0.15) is 0 Å². The number of hydrogen-bond donors (Lipinski definition) is 0. The highest BCUT2D eigenvalue weighted by molar-refractivity contribution is 5.82. The van der Waals surface area contributed by atoms with Gasteiger partial charge in [0.2, 0.25) is 6.79 Å². The van der Waals surface area contributed by atoms with Crippen molar-refractivity contribution in [3.05, 3.63) is 89.0 Å². The molecule has 1 aliphatic heterocycles. The number of benzene rings is 3. The van der Waals surface area contributed by atoms with Gasteiger partial charge in [0.15, 0.2) is 11.5 Å². The van der Waals surface area contributed by atoms with Gasteiger partial charge in [-0.3, -0.25) is 9.36 Å². The van der Waals surface area contributed by atoms with Crippen molar-refractivity contribution >= 4 is 10.9 Å². The van der Waals surface area contributed by atoms with Gasteiger partial charge in [-0.15, -0.1) is 0 Å². The van der Waals surface area contributed by atoms with E-state index in [0.717, 1.165) is 16.7 Å². The maximum absolute atomic E-state index is 12.9. The standard InChI is InChI=1S/C22H16N2O3/c25-22-18-10-20-21(27-14-26-20)11-19(18)23-13-24(22)12-15-5-4-8-17(9-15)16-6-2-1-3-7-16/h1-11,13H,12,14H2. The Labute approximate surface area is 155 Å². The number of ether oxygens (including phenoxy) is 2. The lowest BCUT2D eigenvalue weighted by molar-refractivity contribution is 0.174. The Morgan fingerprint density at radius 1 is 0.889 bits per heavy atom. The van der Waals surface area contributed by atoms with E-state index in [2.05, 4.69) is 29.2 Å². The van der Waals surface area contributed by atoms with Crippen LogP contribution in [0.25, 0.3) is 22.0 Å². The second-order valence-electron chi connectivity index (χ2n) is 6.47. The fraction of sp³-hybridized carbons (Fsp3) is 0.0909. The van der Waals surface area contributed by atoms with Crippen molar-refractivity contribution in [1.29, 1.82) is 0 Å². The lowest BCUT2D eigenvalue weighted by Crippen LogP contribution is -2.21. The van der Waals surface area contributed by atoms with E-state index >= 15 is 0 Å². The first-order chi connectivity index (χ1) is 13.3. The van der Waals surface area contributed by atoms with Gasteiger partial charge < -0.3 is 9.47 Å². The van der Waals surface area contributed by atoms with E-state index in [4.69, 9.17) is 9.47 Å². The molecule has 27 heavy (non-hydrogen) atoms. The molecule has 3 aromatic carbocycles. The molecule has 0 spiro atoms. The van der Waals surface area contributed by atoms with Crippen molar-refractivity contribution in [2.75, 3.05) is 6.79 Å². The third-order valence-electron chi connectivity index (χ3n) is 4.71. The topological polar surface area (TPSA) is 53.4 Å². The minimum Gasteiger partial charge on any atom is -0.454 e. The molecule has 0 fully saturated rings. The first-order valence-electron chi connectivity index (χ1n) is 8.71. The fourth-order valence-corrected chi connectivity index (χ4v) is 3.34. The molecule has 2 heterocycles. The maximum Gasteiger partial charge on any atom is 0.261 e. The SMILES string of the molecule is O=c1c2cc3c(cc2ncn1Cc1cccc(-c2ccccc2)c1)OCO3. The van der Waals surface area contributed by atoms with Gasteiger partial charge in [-0.2, -0.15) is 0 Å². The largest absolute Gasteiger partial charge is 0.454 e. The van der Waals surface area contributed by atoms with Crippen LogP contribution in [0.2, 0.25) is 0 Å². The molecule has 1 aromatic heterocycles. The zero-order valence-corrected chi connectivity index (χ0v) is 14.5. The highest BCUT2D eigenvalue weighted by Crippen LogP contribution is 2.34. The summed E-state index contributed by atoms with van der Waals surface area (Å²) in [6, 6.07) is 21.8. The van der Waals surface area contributed by atoms with E-state index in [1.807, 2.05) is 30.3 Å². The quantitative estimate of drug-likeness (QED) is 0.560. The van der Waals surface area contributed by atoms with Crippen molar-refractivity contribution < 1.29 is 9.47 Å². The minimum atomic E-state index is -0.0941. The molecule has 5 heteroatoms. The second-order valence-corrected chi connectivity index (χ2v) is 6.47. The van der Waals surface area contributed by atoms with E-state index in [1.54, 1.807) is 23.0 Å². The third-order valence-corrected chi connectivity index (χ3v) is 4.71. The predicted octanol–water partition coefficient (Wildman–Crippen LogP) is 3.84. The van der Waals surface area contributed by atoms with E-state index in [1.165, 1.54) is 0 Å². The summed E-state index contributed by atoms with van der Waals surface area (Å²) in [5.41, 5.74) is 3.83. The van der Waals surface area contributed by atoms with Gasteiger partial charge in [-0.05, 0) is 28.8 Å². The molecule has 0 unspecified atom stereocenters. The summed E-state index contributed by atoms with van der Waals surface area (Å²) in [6.07, 6.45) is 1.59. The summed E-state index contributed by atoms with van der Waals surface area (Å²) in [4.78, 5) is 17.3. The van der Waals surface area contributed by atoms with Crippen molar-refractivity contribution in [3.8, 4) is 22.6 Å². The van der Waals surface area contributed by atoms with Crippen LogP contribution in [0.4, 0.5) is 0 Å². The van der Waals surface area contributed by atoms with Crippen molar-refractivity contribution in [2.24, 2.45) is 0 Å². The average Bonchev–Trinajstić information content (AvgIpc) is 3.17. The summed E-state index contributed by atoms with van der Waals surface area (Å²) >= 11 is 0. The van der Waals surface area contributed by atoms with Gasteiger partial charge in [0.25, 0.3) is 5.56 Å². The molecule has 1 aliphatic rings. The number of rotatable bonds is 3. The van der Waals surface area contributed by atoms with Gasteiger partial charge in [-0.1, -0.05) is 48.5 Å². The molecule has 0 radical (unpaired) electrons. The molecule has 0 bridgehead atoms. The number of aromatic nitrogens is 2. The summed E-state index contributed by atoms with van der Waals surface area (Å²) in [5.74, 6) is 1.22. The Kier molecular flexibility index (Phi) is 3.64. The molecule has 0 saturated heterocycles. The summed E-state index contributed by atoms with van der Waals surface area (Å²) in [7, 11) is 0. The second kappa shape index (κ2) is 6.29. The molecule has 0 atom stereocenters. The molecular weight excluding hydrogens is 340 g/mol. The van der Waals surface area contributed by atoms with Crippen molar-refractivity contribution in [3.63, 3.8) is 0 Å². The highest BCUT2D eigenvalue weighted by Gasteiger charge is 2.16. The molecule has 5 nitrogen and oxygen atoms in total. The van der Waals surface area contributed by atoms with Gasteiger partial charge >= 0.3 is 0 Å². The van der Waals surface area contributed by atoms with Crippen LogP contribution in [-0.4, -0.2) is 16.3 Å². The molecule has 0 saturated carbocycles.